The molecule has 5 nitrogen and oxygen atoms in total. The Morgan fingerprint density at radius 2 is 2.11 bits per heavy atom. The van der Waals surface area contributed by atoms with Gasteiger partial charge in [0.25, 0.3) is 0 Å². The van der Waals surface area contributed by atoms with E-state index in [1.54, 1.807) is 23.9 Å². The Balaban J connectivity index is 2.45. The van der Waals surface area contributed by atoms with Crippen LogP contribution in [0.3, 0.4) is 0 Å². The Labute approximate surface area is 116 Å². The number of carboxylic acids is 1. The maximum Gasteiger partial charge on any atom is 0.320 e. The Morgan fingerprint density at radius 1 is 1.42 bits per heavy atom. The highest BCUT2D eigenvalue weighted by Gasteiger charge is 2.11. The summed E-state index contributed by atoms with van der Waals surface area (Å²) >= 11 is 1.56. The van der Waals surface area contributed by atoms with E-state index >= 15 is 0 Å². The van der Waals surface area contributed by atoms with Gasteiger partial charge in [-0.05, 0) is 18.2 Å². The fourth-order valence-corrected chi connectivity index (χ4v) is 2.42. The molecule has 1 atom stereocenters. The molecule has 1 rings (SSSR count). The van der Waals surface area contributed by atoms with Gasteiger partial charge >= 0.3 is 11.9 Å². The third kappa shape index (κ3) is 5.76. The summed E-state index contributed by atoms with van der Waals surface area (Å²) < 4.78 is 5.09. The molecule has 0 saturated carbocycles. The number of benzene rings is 1. The summed E-state index contributed by atoms with van der Waals surface area (Å²) in [5.41, 5.74) is 6.32. The highest BCUT2D eigenvalue weighted by atomic mass is 32.2. The lowest BCUT2D eigenvalue weighted by molar-refractivity contribution is -0.138. The molecule has 0 aliphatic carbocycles. The van der Waals surface area contributed by atoms with Crippen molar-refractivity contribution in [3.63, 3.8) is 0 Å². The van der Waals surface area contributed by atoms with Crippen LogP contribution in [0.1, 0.15) is 18.9 Å². The molecule has 0 saturated heterocycles. The van der Waals surface area contributed by atoms with Gasteiger partial charge in [0.1, 0.15) is 11.8 Å². The second kappa shape index (κ2) is 7.81. The van der Waals surface area contributed by atoms with Crippen LogP contribution in [0.15, 0.2) is 24.3 Å². The topological polar surface area (TPSA) is 89.6 Å². The van der Waals surface area contributed by atoms with Crippen LogP contribution < -0.4 is 10.5 Å². The summed E-state index contributed by atoms with van der Waals surface area (Å²) in [6, 6.07) is 6.46. The molecule has 0 spiro atoms. The molecule has 104 valence electrons. The molecule has 0 amide bonds. The second-order valence-electron chi connectivity index (χ2n) is 3.99. The van der Waals surface area contributed by atoms with Gasteiger partial charge in [-0.15, -0.1) is 0 Å². The molecule has 19 heavy (non-hydrogen) atoms. The lowest BCUT2D eigenvalue weighted by Gasteiger charge is -2.09. The first-order valence-corrected chi connectivity index (χ1v) is 6.98. The van der Waals surface area contributed by atoms with Gasteiger partial charge < -0.3 is 15.6 Å². The van der Waals surface area contributed by atoms with Crippen LogP contribution in [0.5, 0.6) is 5.75 Å². The van der Waals surface area contributed by atoms with Gasteiger partial charge in [-0.1, -0.05) is 18.2 Å². The predicted octanol–water partition coefficient (Wildman–Crippen LogP) is 1.65. The lowest BCUT2D eigenvalue weighted by Crippen LogP contribution is -2.30. The first-order valence-electron chi connectivity index (χ1n) is 5.83. The van der Waals surface area contributed by atoms with Gasteiger partial charge in [0.15, 0.2) is 0 Å². The number of thioether (sulfide) groups is 1. The van der Waals surface area contributed by atoms with Crippen molar-refractivity contribution in [1.82, 2.24) is 0 Å². The zero-order chi connectivity index (χ0) is 14.3. The number of nitrogens with two attached hydrogens (primary N) is 1. The molecule has 0 unspecified atom stereocenters. The smallest absolute Gasteiger partial charge is 0.320 e. The number of carboxylic acid groups (broad SMARTS) is 1. The van der Waals surface area contributed by atoms with E-state index in [1.165, 1.54) is 6.92 Å². The minimum absolute atomic E-state index is 0.356. The van der Waals surface area contributed by atoms with E-state index in [9.17, 15) is 9.59 Å². The third-order valence-electron chi connectivity index (χ3n) is 2.37. The first-order chi connectivity index (χ1) is 9.00. The minimum atomic E-state index is -0.985. The normalized spacial score (nSPS) is 11.9. The maximum absolute atomic E-state index is 10.9. The number of hydrogen-bond acceptors (Lipinski definition) is 5. The summed E-state index contributed by atoms with van der Waals surface area (Å²) in [5.74, 6) is 0.494. The number of ether oxygens (including phenoxy) is 1. The molecule has 6 heteroatoms. The third-order valence-corrected chi connectivity index (χ3v) is 3.41. The number of carbonyl (C=O) groups is 2. The fraction of sp³-hybridized carbons (Fsp3) is 0.385. The highest BCUT2D eigenvalue weighted by Crippen LogP contribution is 2.23. The van der Waals surface area contributed by atoms with Crippen molar-refractivity contribution >= 4 is 23.7 Å². The minimum Gasteiger partial charge on any atom is -0.480 e. The van der Waals surface area contributed by atoms with Gasteiger partial charge in [0, 0.05) is 18.2 Å². The molecule has 0 bridgehead atoms. The lowest BCUT2D eigenvalue weighted by atomic mass is 10.2. The van der Waals surface area contributed by atoms with Gasteiger partial charge in [-0.25, -0.2) is 0 Å². The number of para-hydroxylation sites is 1. The number of carbonyl (C=O) groups excluding carboxylic acids is 1. The van der Waals surface area contributed by atoms with Crippen LogP contribution >= 0.6 is 11.8 Å². The standard InChI is InChI=1S/C13H17NO4S/c1-9(15)18-12-5-3-2-4-10(12)8-19-7-6-11(14)13(16)17/h2-5,11H,6-8,14H2,1H3,(H,16,17)/t11-/m0/s1. The van der Waals surface area contributed by atoms with Crippen LogP contribution in [0.2, 0.25) is 0 Å². The fourth-order valence-electron chi connectivity index (χ4n) is 1.39. The molecule has 0 aliphatic heterocycles. The molecule has 1 aromatic carbocycles. The zero-order valence-electron chi connectivity index (χ0n) is 10.7. The maximum atomic E-state index is 10.9. The molecule has 0 aliphatic rings. The van der Waals surface area contributed by atoms with Crippen molar-refractivity contribution in [2.75, 3.05) is 5.75 Å². The molecule has 0 heterocycles. The molecule has 1 aromatic rings. The SMILES string of the molecule is CC(=O)Oc1ccccc1CSCC[C@H](N)C(=O)O. The average Bonchev–Trinajstić information content (AvgIpc) is 2.35. The number of esters is 1. The van der Waals surface area contributed by atoms with Crippen molar-refractivity contribution < 1.29 is 19.4 Å². The van der Waals surface area contributed by atoms with E-state index in [4.69, 9.17) is 15.6 Å². The van der Waals surface area contributed by atoms with Crippen LogP contribution in [-0.4, -0.2) is 28.8 Å². The summed E-state index contributed by atoms with van der Waals surface area (Å²) in [4.78, 5) is 21.5. The van der Waals surface area contributed by atoms with Gasteiger partial charge in [-0.3, -0.25) is 9.59 Å². The second-order valence-corrected chi connectivity index (χ2v) is 5.09. The first kappa shape index (κ1) is 15.5. The van der Waals surface area contributed by atoms with Crippen molar-refractivity contribution in [1.29, 1.82) is 0 Å². The summed E-state index contributed by atoms with van der Waals surface area (Å²) in [6.45, 7) is 1.36. The van der Waals surface area contributed by atoms with E-state index in [0.717, 1.165) is 5.56 Å². The van der Waals surface area contributed by atoms with Gasteiger partial charge in [0.2, 0.25) is 0 Å². The summed E-state index contributed by atoms with van der Waals surface area (Å²) in [6.07, 6.45) is 0.412. The number of rotatable bonds is 7. The molecule has 3 N–H and O–H groups in total. The Morgan fingerprint density at radius 3 is 2.74 bits per heavy atom. The van der Waals surface area contributed by atoms with E-state index in [-0.39, 0.29) is 5.97 Å². The molecular weight excluding hydrogens is 266 g/mol. The van der Waals surface area contributed by atoms with E-state index in [2.05, 4.69) is 0 Å². The quantitative estimate of drug-likeness (QED) is 0.449. The van der Waals surface area contributed by atoms with Crippen molar-refractivity contribution in [2.24, 2.45) is 5.73 Å². The number of aliphatic carboxylic acids is 1. The van der Waals surface area contributed by atoms with Crippen LogP contribution in [-0.2, 0) is 15.3 Å². The Kier molecular flexibility index (Phi) is 6.38. The van der Waals surface area contributed by atoms with Crippen LogP contribution in [0.25, 0.3) is 0 Å². The number of hydrogen-bond donors (Lipinski definition) is 2. The molecular formula is C13H17NO4S. The van der Waals surface area contributed by atoms with Crippen LogP contribution in [0.4, 0.5) is 0 Å². The molecule has 0 fully saturated rings. The highest BCUT2D eigenvalue weighted by molar-refractivity contribution is 7.98. The van der Waals surface area contributed by atoms with Gasteiger partial charge in [-0.2, -0.15) is 11.8 Å². The van der Waals surface area contributed by atoms with E-state index in [1.807, 2.05) is 12.1 Å². The Bertz CT molecular complexity index is 450. The summed E-state index contributed by atoms with van der Waals surface area (Å²) in [7, 11) is 0. The van der Waals surface area contributed by atoms with Gasteiger partial charge in [0.05, 0.1) is 0 Å². The zero-order valence-corrected chi connectivity index (χ0v) is 11.5. The average molecular weight is 283 g/mol. The largest absolute Gasteiger partial charge is 0.480 e. The van der Waals surface area contributed by atoms with Crippen molar-refractivity contribution in [2.45, 2.75) is 25.1 Å². The van der Waals surface area contributed by atoms with E-state index in [0.29, 0.717) is 23.7 Å². The molecule has 0 aromatic heterocycles. The Hall–Kier alpha value is -1.53. The van der Waals surface area contributed by atoms with Crippen molar-refractivity contribution in [3.05, 3.63) is 29.8 Å². The van der Waals surface area contributed by atoms with Crippen LogP contribution in [0, 0.1) is 0 Å². The molecule has 0 radical (unpaired) electrons. The predicted molar refractivity (Wildman–Crippen MR) is 74.1 cm³/mol. The summed E-state index contributed by atoms with van der Waals surface area (Å²) in [5, 5.41) is 8.65. The monoisotopic (exact) mass is 283 g/mol. The van der Waals surface area contributed by atoms with Crippen molar-refractivity contribution in [3.8, 4) is 5.75 Å². The van der Waals surface area contributed by atoms with E-state index < -0.39 is 12.0 Å².